The van der Waals surface area contributed by atoms with Crippen LogP contribution in [0.15, 0.2) is 3.92 Å². The minimum atomic E-state index is 0.215. The maximum Gasteiger partial charge on any atom is 0.206 e. The van der Waals surface area contributed by atoms with Gasteiger partial charge in [-0.25, -0.2) is 0 Å². The minimum absolute atomic E-state index is 0.215. The zero-order valence-corrected chi connectivity index (χ0v) is 9.86. The predicted octanol–water partition coefficient (Wildman–Crippen LogP) is 2.41. The number of nitrogens with one attached hydrogen (secondary N) is 1. The van der Waals surface area contributed by atoms with Crippen LogP contribution in [0, 0.1) is 16.7 Å². The third-order valence-corrected chi connectivity index (χ3v) is 3.74. The molecule has 0 saturated heterocycles. The highest BCUT2D eigenvalue weighted by Crippen LogP contribution is 2.48. The van der Waals surface area contributed by atoms with Gasteiger partial charge in [0.1, 0.15) is 0 Å². The molecule has 1 saturated carbocycles. The molecule has 1 aromatic heterocycles. The number of halogens is 1. The molecule has 1 N–H and O–H groups in total. The molecule has 14 heavy (non-hydrogen) atoms. The molecule has 1 heterocycles. The molecule has 0 unspecified atom stereocenters. The van der Waals surface area contributed by atoms with E-state index in [1.165, 1.54) is 11.3 Å². The lowest BCUT2D eigenvalue weighted by Gasteiger charge is -2.10. The molecular formula is C8H9BrN4S. The van der Waals surface area contributed by atoms with Crippen LogP contribution in [0.2, 0.25) is 0 Å². The highest BCUT2D eigenvalue weighted by molar-refractivity contribution is 9.11. The average Bonchev–Trinajstić information content (AvgIpc) is 2.80. The molecule has 1 aromatic rings. The van der Waals surface area contributed by atoms with Crippen molar-refractivity contribution in [1.82, 2.24) is 10.2 Å². The van der Waals surface area contributed by atoms with Crippen LogP contribution >= 0.6 is 27.3 Å². The van der Waals surface area contributed by atoms with Crippen LogP contribution in [0.5, 0.6) is 0 Å². The lowest BCUT2D eigenvalue weighted by atomic mass is 10.0. The first-order chi connectivity index (χ1) is 6.74. The van der Waals surface area contributed by atoms with Crippen LogP contribution < -0.4 is 5.32 Å². The zero-order valence-electron chi connectivity index (χ0n) is 7.46. The number of aromatic nitrogens is 2. The number of anilines is 1. The summed E-state index contributed by atoms with van der Waals surface area (Å²) in [5.41, 5.74) is 0.215. The second-order valence-electron chi connectivity index (χ2n) is 3.55. The smallest absolute Gasteiger partial charge is 0.206 e. The average molecular weight is 273 g/mol. The van der Waals surface area contributed by atoms with Crippen LogP contribution in [0.25, 0.3) is 0 Å². The molecule has 0 spiro atoms. The molecule has 6 heteroatoms. The van der Waals surface area contributed by atoms with Crippen molar-refractivity contribution in [3.63, 3.8) is 0 Å². The van der Waals surface area contributed by atoms with Gasteiger partial charge in [0.05, 0.1) is 6.07 Å². The van der Waals surface area contributed by atoms with Crippen LogP contribution in [-0.4, -0.2) is 16.7 Å². The van der Waals surface area contributed by atoms with Crippen LogP contribution in [-0.2, 0) is 0 Å². The van der Waals surface area contributed by atoms with Gasteiger partial charge in [-0.05, 0) is 28.8 Å². The van der Waals surface area contributed by atoms with Crippen molar-refractivity contribution in [3.05, 3.63) is 3.92 Å². The second kappa shape index (κ2) is 3.83. The molecule has 74 valence electrons. The van der Waals surface area contributed by atoms with E-state index in [0.29, 0.717) is 6.42 Å². The van der Waals surface area contributed by atoms with Gasteiger partial charge in [0, 0.05) is 18.4 Å². The fourth-order valence-electron chi connectivity index (χ4n) is 1.30. The third kappa shape index (κ3) is 2.22. The molecule has 4 nitrogen and oxygen atoms in total. The van der Waals surface area contributed by atoms with Crippen LogP contribution in [0.1, 0.15) is 19.3 Å². The van der Waals surface area contributed by atoms with E-state index in [-0.39, 0.29) is 5.41 Å². The van der Waals surface area contributed by atoms with E-state index in [1.807, 2.05) is 0 Å². The summed E-state index contributed by atoms with van der Waals surface area (Å²) >= 11 is 4.73. The van der Waals surface area contributed by atoms with Crippen LogP contribution in [0.4, 0.5) is 5.13 Å². The topological polar surface area (TPSA) is 61.6 Å². The summed E-state index contributed by atoms with van der Waals surface area (Å²) in [6, 6.07) is 2.23. The number of nitrogens with zero attached hydrogens (tertiary/aromatic N) is 3. The SMILES string of the molecule is N#CCC1(CNc2nnc(Br)s2)CC1. The summed E-state index contributed by atoms with van der Waals surface area (Å²) in [5.74, 6) is 0. The molecule has 1 aliphatic rings. The second-order valence-corrected chi connectivity index (χ2v) is 5.80. The Morgan fingerprint density at radius 2 is 2.36 bits per heavy atom. The van der Waals surface area contributed by atoms with E-state index >= 15 is 0 Å². The van der Waals surface area contributed by atoms with Gasteiger partial charge >= 0.3 is 0 Å². The Kier molecular flexibility index (Phi) is 2.70. The Labute approximate surface area is 94.5 Å². The molecule has 0 aliphatic heterocycles. The Morgan fingerprint density at radius 1 is 1.57 bits per heavy atom. The van der Waals surface area contributed by atoms with E-state index in [1.54, 1.807) is 0 Å². The fourth-order valence-corrected chi connectivity index (χ4v) is 2.31. The predicted molar refractivity (Wildman–Crippen MR) is 58.0 cm³/mol. The normalized spacial score (nSPS) is 17.4. The van der Waals surface area contributed by atoms with Crippen molar-refractivity contribution >= 4 is 32.4 Å². The van der Waals surface area contributed by atoms with Crippen molar-refractivity contribution in [1.29, 1.82) is 5.26 Å². The molecular weight excluding hydrogens is 264 g/mol. The summed E-state index contributed by atoms with van der Waals surface area (Å²) in [5, 5.41) is 20.4. The third-order valence-electron chi connectivity index (χ3n) is 2.43. The van der Waals surface area contributed by atoms with Crippen LogP contribution in [0.3, 0.4) is 0 Å². The number of hydrogen-bond donors (Lipinski definition) is 1. The summed E-state index contributed by atoms with van der Waals surface area (Å²) < 4.78 is 0.783. The summed E-state index contributed by atoms with van der Waals surface area (Å²) in [6.45, 7) is 0.836. The molecule has 0 amide bonds. The first kappa shape index (κ1) is 9.87. The Balaban J connectivity index is 1.86. The standard InChI is InChI=1S/C8H9BrN4S/c9-6-12-13-7(14-6)11-5-8(1-2-8)3-4-10/h1-3,5H2,(H,11,13). The minimum Gasteiger partial charge on any atom is -0.359 e. The van der Waals surface area contributed by atoms with Crippen molar-refractivity contribution in [3.8, 4) is 6.07 Å². The summed E-state index contributed by atoms with van der Waals surface area (Å²) in [6.07, 6.45) is 2.93. The number of rotatable bonds is 4. The molecule has 0 aromatic carbocycles. The molecule has 0 bridgehead atoms. The van der Waals surface area contributed by atoms with Gasteiger partial charge < -0.3 is 5.32 Å². The van der Waals surface area contributed by atoms with Crippen molar-refractivity contribution in [2.24, 2.45) is 5.41 Å². The molecule has 1 fully saturated rings. The van der Waals surface area contributed by atoms with Gasteiger partial charge in [-0.3, -0.25) is 0 Å². The van der Waals surface area contributed by atoms with E-state index in [0.717, 1.165) is 28.4 Å². The summed E-state index contributed by atoms with van der Waals surface area (Å²) in [4.78, 5) is 0. The van der Waals surface area contributed by atoms with Gasteiger partial charge in [0.15, 0.2) is 3.92 Å². The van der Waals surface area contributed by atoms with Gasteiger partial charge in [-0.1, -0.05) is 11.3 Å². The highest BCUT2D eigenvalue weighted by atomic mass is 79.9. The van der Waals surface area contributed by atoms with Gasteiger partial charge in [-0.15, -0.1) is 10.2 Å². The van der Waals surface area contributed by atoms with Crippen molar-refractivity contribution < 1.29 is 0 Å². The molecule has 1 aliphatic carbocycles. The van der Waals surface area contributed by atoms with E-state index < -0.39 is 0 Å². The quantitative estimate of drug-likeness (QED) is 0.915. The molecule has 0 atom stereocenters. The van der Waals surface area contributed by atoms with Crippen molar-refractivity contribution in [2.75, 3.05) is 11.9 Å². The number of nitriles is 1. The maximum absolute atomic E-state index is 8.63. The van der Waals surface area contributed by atoms with E-state index in [9.17, 15) is 0 Å². The lowest BCUT2D eigenvalue weighted by molar-refractivity contribution is 0.557. The van der Waals surface area contributed by atoms with E-state index in [2.05, 4.69) is 37.5 Å². The van der Waals surface area contributed by atoms with Crippen molar-refractivity contribution in [2.45, 2.75) is 19.3 Å². The largest absolute Gasteiger partial charge is 0.359 e. The number of hydrogen-bond acceptors (Lipinski definition) is 5. The Hall–Kier alpha value is -0.670. The fraction of sp³-hybridized carbons (Fsp3) is 0.625. The van der Waals surface area contributed by atoms with E-state index in [4.69, 9.17) is 5.26 Å². The Morgan fingerprint density at radius 3 is 2.86 bits per heavy atom. The summed E-state index contributed by atoms with van der Waals surface area (Å²) in [7, 11) is 0. The monoisotopic (exact) mass is 272 g/mol. The van der Waals surface area contributed by atoms with Gasteiger partial charge in [-0.2, -0.15) is 5.26 Å². The maximum atomic E-state index is 8.63. The zero-order chi connectivity index (χ0) is 10.0. The first-order valence-corrected chi connectivity index (χ1v) is 5.95. The Bertz CT molecular complexity index is 366. The first-order valence-electron chi connectivity index (χ1n) is 4.34. The highest BCUT2D eigenvalue weighted by Gasteiger charge is 2.42. The molecule has 2 rings (SSSR count). The molecule has 0 radical (unpaired) electrons. The lowest BCUT2D eigenvalue weighted by Crippen LogP contribution is -2.14. The van der Waals surface area contributed by atoms with Gasteiger partial charge in [0.25, 0.3) is 0 Å². The van der Waals surface area contributed by atoms with Gasteiger partial charge in [0.2, 0.25) is 5.13 Å².